The van der Waals surface area contributed by atoms with Crippen LogP contribution in [0.5, 0.6) is 0 Å². The van der Waals surface area contributed by atoms with Gasteiger partial charge in [0.1, 0.15) is 5.82 Å². The van der Waals surface area contributed by atoms with Gasteiger partial charge < -0.3 is 13.6 Å². The van der Waals surface area contributed by atoms with Crippen LogP contribution in [-0.2, 0) is 16.0 Å². The van der Waals surface area contributed by atoms with Crippen molar-refractivity contribution < 1.29 is 22.8 Å². The van der Waals surface area contributed by atoms with Crippen molar-refractivity contribution in [2.24, 2.45) is 0 Å². The Kier molecular flexibility index (Phi) is 5.88. The molecule has 0 aliphatic rings. The quantitative estimate of drug-likeness (QED) is 0.384. The van der Waals surface area contributed by atoms with Crippen LogP contribution < -0.4 is 0 Å². The van der Waals surface area contributed by atoms with Crippen LogP contribution in [0.25, 0.3) is 22.8 Å². The average Bonchev–Trinajstić information content (AvgIpc) is 3.44. The zero-order chi connectivity index (χ0) is 21.8. The Morgan fingerprint density at radius 1 is 1.03 bits per heavy atom. The summed E-state index contributed by atoms with van der Waals surface area (Å²) in [5.41, 5.74) is 2.63. The van der Waals surface area contributed by atoms with Gasteiger partial charge in [-0.1, -0.05) is 17.7 Å². The molecule has 4 aromatic rings. The smallest absolute Gasteiger partial charge is 0.307 e. The third-order valence-electron chi connectivity index (χ3n) is 4.62. The summed E-state index contributed by atoms with van der Waals surface area (Å²) in [6.07, 6.45) is 1.21. The molecule has 0 amide bonds. The van der Waals surface area contributed by atoms with Crippen LogP contribution in [0, 0.1) is 12.7 Å². The molecule has 1 atom stereocenters. The molecule has 2 aromatic carbocycles. The van der Waals surface area contributed by atoms with E-state index < -0.39 is 12.1 Å². The second kappa shape index (κ2) is 8.91. The maximum atomic E-state index is 13.0. The number of ether oxygens (including phenoxy) is 1. The molecule has 1 unspecified atom stereocenters. The lowest BCUT2D eigenvalue weighted by Crippen LogP contribution is -2.10. The molecule has 0 spiro atoms. The maximum absolute atomic E-state index is 13.0. The summed E-state index contributed by atoms with van der Waals surface area (Å²) < 4.78 is 29.7. The van der Waals surface area contributed by atoms with E-state index >= 15 is 0 Å². The van der Waals surface area contributed by atoms with Crippen molar-refractivity contribution in [1.29, 1.82) is 0 Å². The van der Waals surface area contributed by atoms with Gasteiger partial charge in [-0.3, -0.25) is 4.79 Å². The minimum absolute atomic E-state index is 0.0761. The summed E-state index contributed by atoms with van der Waals surface area (Å²) in [6.45, 7) is 3.66. The Hall–Kier alpha value is -3.81. The van der Waals surface area contributed by atoms with E-state index in [2.05, 4.69) is 15.2 Å². The van der Waals surface area contributed by atoms with Crippen LogP contribution >= 0.6 is 0 Å². The second-order valence-corrected chi connectivity index (χ2v) is 7.07. The minimum atomic E-state index is -0.682. The lowest BCUT2D eigenvalue weighted by atomic mass is 10.1. The van der Waals surface area contributed by atoms with Crippen molar-refractivity contribution >= 4 is 5.97 Å². The summed E-state index contributed by atoms with van der Waals surface area (Å²) >= 11 is 0. The van der Waals surface area contributed by atoms with Gasteiger partial charge in [0.15, 0.2) is 17.8 Å². The number of rotatable bonds is 7. The van der Waals surface area contributed by atoms with Gasteiger partial charge in [-0.05, 0) is 50.2 Å². The fourth-order valence-electron chi connectivity index (χ4n) is 2.90. The van der Waals surface area contributed by atoms with Crippen LogP contribution in [0.15, 0.2) is 63.6 Å². The van der Waals surface area contributed by atoms with Gasteiger partial charge in [0.2, 0.25) is 5.89 Å². The maximum Gasteiger partial charge on any atom is 0.307 e. The monoisotopic (exact) mass is 421 g/mol. The predicted octanol–water partition coefficient (Wildman–Crippen LogP) is 5.08. The molecule has 0 radical (unpaired) electrons. The van der Waals surface area contributed by atoms with Gasteiger partial charge in [-0.15, -0.1) is 10.2 Å². The van der Waals surface area contributed by atoms with Crippen LogP contribution in [0.4, 0.5) is 4.39 Å². The summed E-state index contributed by atoms with van der Waals surface area (Å²) in [6, 6.07) is 13.6. The van der Waals surface area contributed by atoms with Gasteiger partial charge in [-0.25, -0.2) is 9.37 Å². The summed E-state index contributed by atoms with van der Waals surface area (Å²) in [5.74, 6) is 0.718. The molecule has 0 saturated heterocycles. The first kappa shape index (κ1) is 20.5. The Labute approximate surface area is 177 Å². The highest BCUT2D eigenvalue weighted by Crippen LogP contribution is 2.24. The van der Waals surface area contributed by atoms with E-state index in [1.54, 1.807) is 25.3 Å². The zero-order valence-corrected chi connectivity index (χ0v) is 17.0. The number of oxazole rings is 1. The third-order valence-corrected chi connectivity index (χ3v) is 4.62. The predicted molar refractivity (Wildman–Crippen MR) is 109 cm³/mol. The number of aromatic nitrogens is 3. The van der Waals surface area contributed by atoms with Crippen LogP contribution in [0.1, 0.15) is 36.8 Å². The number of carbonyl (C=O) groups is 1. The van der Waals surface area contributed by atoms with Crippen molar-refractivity contribution in [3.05, 3.63) is 77.9 Å². The van der Waals surface area contributed by atoms with Gasteiger partial charge in [0.25, 0.3) is 5.89 Å². The topological polar surface area (TPSA) is 91.2 Å². The number of halogens is 1. The molecule has 0 N–H and O–H groups in total. The SMILES string of the molecule is Cc1ccc(-c2nnc(C(C)OC(=O)CCc3ncc(-c4ccc(F)cc4)o3)o2)cc1. The van der Waals surface area contributed by atoms with E-state index in [0.29, 0.717) is 23.1 Å². The van der Waals surface area contributed by atoms with Gasteiger partial charge >= 0.3 is 5.97 Å². The summed E-state index contributed by atoms with van der Waals surface area (Å²) in [5, 5.41) is 8.00. The van der Waals surface area contributed by atoms with Crippen molar-refractivity contribution in [3.63, 3.8) is 0 Å². The molecular formula is C23H20FN3O4. The van der Waals surface area contributed by atoms with Gasteiger partial charge in [0.05, 0.1) is 12.6 Å². The summed E-state index contributed by atoms with van der Waals surface area (Å²) in [7, 11) is 0. The lowest BCUT2D eigenvalue weighted by Gasteiger charge is -2.08. The lowest BCUT2D eigenvalue weighted by molar-refractivity contribution is -0.149. The molecule has 2 heterocycles. The van der Waals surface area contributed by atoms with Crippen LogP contribution in [0.2, 0.25) is 0 Å². The summed E-state index contributed by atoms with van der Waals surface area (Å²) in [4.78, 5) is 16.4. The Balaban J connectivity index is 1.31. The van der Waals surface area contributed by atoms with Crippen LogP contribution in [0.3, 0.4) is 0 Å². The highest BCUT2D eigenvalue weighted by atomic mass is 19.1. The highest BCUT2D eigenvalue weighted by Gasteiger charge is 2.19. The van der Waals surface area contributed by atoms with Crippen molar-refractivity contribution in [1.82, 2.24) is 15.2 Å². The molecular weight excluding hydrogens is 401 g/mol. The molecule has 4 rings (SSSR count). The standard InChI is InChI=1S/C23H20FN3O4/c1-14-3-5-17(6-4-14)23-27-26-22(31-23)15(2)29-21(28)12-11-20-25-13-19(30-20)16-7-9-18(24)10-8-16/h3-10,13,15H,11-12H2,1-2H3. The molecule has 0 bridgehead atoms. The normalized spacial score (nSPS) is 12.0. The van der Waals surface area contributed by atoms with Gasteiger partial charge in [-0.2, -0.15) is 0 Å². The van der Waals surface area contributed by atoms with Crippen molar-refractivity contribution in [3.8, 4) is 22.8 Å². The van der Waals surface area contributed by atoms with Crippen molar-refractivity contribution in [2.75, 3.05) is 0 Å². The number of aryl methyl sites for hydroxylation is 2. The van der Waals surface area contributed by atoms with E-state index in [4.69, 9.17) is 13.6 Å². The molecule has 0 fully saturated rings. The Morgan fingerprint density at radius 3 is 2.48 bits per heavy atom. The Morgan fingerprint density at radius 2 is 1.74 bits per heavy atom. The van der Waals surface area contributed by atoms with Crippen molar-refractivity contribution in [2.45, 2.75) is 32.8 Å². The number of esters is 1. The molecule has 0 aliphatic heterocycles. The van der Waals surface area contributed by atoms with E-state index in [1.807, 2.05) is 31.2 Å². The molecule has 8 heteroatoms. The molecule has 2 aromatic heterocycles. The number of hydrogen-bond acceptors (Lipinski definition) is 7. The third kappa shape index (κ3) is 5.03. The van der Waals surface area contributed by atoms with Crippen LogP contribution in [-0.4, -0.2) is 21.2 Å². The number of benzene rings is 2. The molecule has 7 nitrogen and oxygen atoms in total. The number of carbonyl (C=O) groups excluding carboxylic acids is 1. The van der Waals surface area contributed by atoms with E-state index in [0.717, 1.165) is 11.1 Å². The molecule has 0 saturated carbocycles. The van der Waals surface area contributed by atoms with Gasteiger partial charge in [0, 0.05) is 17.5 Å². The molecule has 158 valence electrons. The average molecular weight is 421 g/mol. The highest BCUT2D eigenvalue weighted by molar-refractivity contribution is 5.69. The fraction of sp³-hybridized carbons (Fsp3) is 0.217. The van der Waals surface area contributed by atoms with E-state index in [1.165, 1.54) is 12.1 Å². The van der Waals surface area contributed by atoms with E-state index in [-0.39, 0.29) is 24.5 Å². The van der Waals surface area contributed by atoms with E-state index in [9.17, 15) is 9.18 Å². The molecule has 31 heavy (non-hydrogen) atoms. The number of hydrogen-bond donors (Lipinski definition) is 0. The first-order valence-corrected chi connectivity index (χ1v) is 9.78. The zero-order valence-electron chi connectivity index (χ0n) is 17.0. The minimum Gasteiger partial charge on any atom is -0.453 e. The first-order chi connectivity index (χ1) is 15.0. The molecule has 0 aliphatic carbocycles. The number of nitrogens with zero attached hydrogens (tertiary/aromatic N) is 3. The first-order valence-electron chi connectivity index (χ1n) is 9.78. The Bertz CT molecular complexity index is 1170. The second-order valence-electron chi connectivity index (χ2n) is 7.07. The fourth-order valence-corrected chi connectivity index (χ4v) is 2.90. The largest absolute Gasteiger partial charge is 0.453 e.